The first-order valence-electron chi connectivity index (χ1n) is 3.92. The molecule has 0 saturated carbocycles. The fourth-order valence-corrected chi connectivity index (χ4v) is 1.76. The molecule has 0 fully saturated rings. The summed E-state index contributed by atoms with van der Waals surface area (Å²) < 4.78 is 0. The number of nitriles is 1. The van der Waals surface area contributed by atoms with Gasteiger partial charge < -0.3 is 0 Å². The second kappa shape index (κ2) is 4.45. The Morgan fingerprint density at radius 3 is 2.29 bits per heavy atom. The highest BCUT2D eigenvalue weighted by Gasteiger charge is 2.21. The number of ketones is 1. The minimum Gasteiger partial charge on any atom is -0.298 e. The predicted molar refractivity (Wildman–Crippen MR) is 55.5 cm³/mol. The molecular formula is C10H7Cl2NO. The quantitative estimate of drug-likeness (QED) is 0.779. The zero-order valence-corrected chi connectivity index (χ0v) is 8.93. The largest absolute Gasteiger partial charge is 0.298 e. The van der Waals surface area contributed by atoms with Crippen LogP contribution in [0.3, 0.4) is 0 Å². The van der Waals surface area contributed by atoms with Crippen LogP contribution >= 0.6 is 23.2 Å². The molecular weight excluding hydrogens is 221 g/mol. The summed E-state index contributed by atoms with van der Waals surface area (Å²) in [5, 5.41) is 9.50. The molecule has 2 nitrogen and oxygen atoms in total. The van der Waals surface area contributed by atoms with Gasteiger partial charge in [0.25, 0.3) is 0 Å². The molecule has 0 aliphatic carbocycles. The summed E-state index contributed by atoms with van der Waals surface area (Å²) in [5.41, 5.74) is 0.394. The van der Waals surface area contributed by atoms with E-state index in [-0.39, 0.29) is 5.78 Å². The number of halogens is 2. The van der Waals surface area contributed by atoms with Gasteiger partial charge in [0.15, 0.2) is 5.78 Å². The highest BCUT2D eigenvalue weighted by molar-refractivity contribution is 6.36. The maximum absolute atomic E-state index is 11.1. The van der Waals surface area contributed by atoms with Gasteiger partial charge in [-0.3, -0.25) is 4.79 Å². The van der Waals surface area contributed by atoms with Crippen molar-refractivity contribution in [1.82, 2.24) is 0 Å². The third-order valence-corrected chi connectivity index (χ3v) is 2.48. The summed E-state index contributed by atoms with van der Waals surface area (Å²) in [7, 11) is 0. The van der Waals surface area contributed by atoms with Crippen molar-refractivity contribution in [3.8, 4) is 6.07 Å². The maximum Gasteiger partial charge on any atom is 0.151 e. The van der Waals surface area contributed by atoms with E-state index in [1.807, 2.05) is 6.07 Å². The molecule has 0 N–H and O–H groups in total. The van der Waals surface area contributed by atoms with Gasteiger partial charge in [-0.1, -0.05) is 29.3 Å². The normalized spacial score (nSPS) is 11.9. The lowest BCUT2D eigenvalue weighted by atomic mass is 9.97. The van der Waals surface area contributed by atoms with Crippen LogP contribution in [0.15, 0.2) is 18.2 Å². The number of nitrogens with zero attached hydrogens (tertiary/aromatic N) is 1. The zero-order chi connectivity index (χ0) is 10.7. The van der Waals surface area contributed by atoms with Crippen LogP contribution in [0.1, 0.15) is 18.4 Å². The number of carbonyl (C=O) groups excluding carboxylic acids is 1. The molecule has 0 spiro atoms. The summed E-state index contributed by atoms with van der Waals surface area (Å²) in [6, 6.07) is 6.76. The minimum absolute atomic E-state index is 0.262. The van der Waals surface area contributed by atoms with E-state index in [9.17, 15) is 4.79 Å². The Hall–Kier alpha value is -1.04. The first kappa shape index (κ1) is 11.0. The summed E-state index contributed by atoms with van der Waals surface area (Å²) in [6.45, 7) is 1.34. The second-order valence-corrected chi connectivity index (χ2v) is 3.62. The molecule has 4 heteroatoms. The molecule has 0 aliphatic heterocycles. The molecule has 0 unspecified atom stereocenters. The maximum atomic E-state index is 11.1. The molecule has 72 valence electrons. The zero-order valence-electron chi connectivity index (χ0n) is 7.42. The van der Waals surface area contributed by atoms with E-state index in [0.717, 1.165) is 0 Å². The highest BCUT2D eigenvalue weighted by atomic mass is 35.5. The second-order valence-electron chi connectivity index (χ2n) is 2.81. The molecule has 1 atom stereocenters. The van der Waals surface area contributed by atoms with Gasteiger partial charge in [0.2, 0.25) is 0 Å². The van der Waals surface area contributed by atoms with Crippen LogP contribution in [-0.2, 0) is 4.79 Å². The number of Topliss-reactive ketones (excluding diaryl/α,β-unsaturated/α-hetero) is 1. The Balaban J connectivity index is 3.31. The first-order valence-corrected chi connectivity index (χ1v) is 4.67. The van der Waals surface area contributed by atoms with Gasteiger partial charge in [0.05, 0.1) is 6.07 Å². The Labute approximate surface area is 92.1 Å². The van der Waals surface area contributed by atoms with Crippen molar-refractivity contribution in [1.29, 1.82) is 5.26 Å². The van der Waals surface area contributed by atoms with Gasteiger partial charge in [-0.2, -0.15) is 5.26 Å². The number of hydrogen-bond acceptors (Lipinski definition) is 2. The Bertz CT molecular complexity index is 389. The molecule has 1 aromatic carbocycles. The van der Waals surface area contributed by atoms with Gasteiger partial charge >= 0.3 is 0 Å². The summed E-state index contributed by atoms with van der Waals surface area (Å²) >= 11 is 11.7. The minimum atomic E-state index is -0.879. The van der Waals surface area contributed by atoms with Crippen molar-refractivity contribution >= 4 is 29.0 Å². The monoisotopic (exact) mass is 227 g/mol. The fraction of sp³-hybridized carbons (Fsp3) is 0.200. The molecule has 0 saturated heterocycles. The standard InChI is InChI=1S/C10H7Cl2NO/c1-6(14)7(5-13)10-8(11)3-2-4-9(10)12/h2-4,7H,1H3/t7-/m1/s1. The van der Waals surface area contributed by atoms with Crippen molar-refractivity contribution in [2.45, 2.75) is 12.8 Å². The molecule has 0 aliphatic rings. The third kappa shape index (κ3) is 2.06. The summed E-state index contributed by atoms with van der Waals surface area (Å²) in [6.07, 6.45) is 0. The number of hydrogen-bond donors (Lipinski definition) is 0. The third-order valence-electron chi connectivity index (χ3n) is 1.82. The van der Waals surface area contributed by atoms with Crippen molar-refractivity contribution in [3.63, 3.8) is 0 Å². The topological polar surface area (TPSA) is 40.9 Å². The lowest BCUT2D eigenvalue weighted by Gasteiger charge is -2.09. The average Bonchev–Trinajstić information content (AvgIpc) is 2.10. The molecule has 0 amide bonds. The van der Waals surface area contributed by atoms with Crippen molar-refractivity contribution in [2.24, 2.45) is 0 Å². The van der Waals surface area contributed by atoms with E-state index in [2.05, 4.69) is 0 Å². The lowest BCUT2D eigenvalue weighted by molar-refractivity contribution is -0.117. The predicted octanol–water partition coefficient (Wildman–Crippen LogP) is 3.19. The van der Waals surface area contributed by atoms with E-state index in [1.54, 1.807) is 18.2 Å². The van der Waals surface area contributed by atoms with Crippen molar-refractivity contribution in [2.75, 3.05) is 0 Å². The van der Waals surface area contributed by atoms with Crippen LogP contribution < -0.4 is 0 Å². The smallest absolute Gasteiger partial charge is 0.151 e. The van der Waals surface area contributed by atoms with E-state index < -0.39 is 5.92 Å². The molecule has 1 rings (SSSR count). The van der Waals surface area contributed by atoms with Gasteiger partial charge in [0, 0.05) is 15.6 Å². The summed E-state index contributed by atoms with van der Waals surface area (Å²) in [4.78, 5) is 11.1. The SMILES string of the molecule is CC(=O)[C@@H](C#N)c1c(Cl)cccc1Cl. The van der Waals surface area contributed by atoms with Crippen LogP contribution in [0.2, 0.25) is 10.0 Å². The molecule has 14 heavy (non-hydrogen) atoms. The Morgan fingerprint density at radius 2 is 1.93 bits per heavy atom. The van der Waals surface area contributed by atoms with E-state index in [0.29, 0.717) is 15.6 Å². The fourth-order valence-electron chi connectivity index (χ4n) is 1.15. The molecule has 1 aromatic rings. The van der Waals surface area contributed by atoms with Gasteiger partial charge in [-0.25, -0.2) is 0 Å². The Kier molecular flexibility index (Phi) is 3.51. The highest BCUT2D eigenvalue weighted by Crippen LogP contribution is 2.31. The van der Waals surface area contributed by atoms with E-state index in [1.165, 1.54) is 6.92 Å². The van der Waals surface area contributed by atoms with E-state index >= 15 is 0 Å². The van der Waals surface area contributed by atoms with Crippen LogP contribution in [0.25, 0.3) is 0 Å². The van der Waals surface area contributed by atoms with Gasteiger partial charge in [-0.05, 0) is 19.1 Å². The Morgan fingerprint density at radius 1 is 1.43 bits per heavy atom. The molecule has 0 heterocycles. The van der Waals surface area contributed by atoms with Crippen LogP contribution in [-0.4, -0.2) is 5.78 Å². The van der Waals surface area contributed by atoms with Crippen molar-refractivity contribution in [3.05, 3.63) is 33.8 Å². The van der Waals surface area contributed by atoms with Crippen LogP contribution in [0.5, 0.6) is 0 Å². The van der Waals surface area contributed by atoms with Crippen LogP contribution in [0, 0.1) is 11.3 Å². The number of carbonyl (C=O) groups is 1. The number of benzene rings is 1. The summed E-state index contributed by atoms with van der Waals surface area (Å²) in [5.74, 6) is -1.14. The van der Waals surface area contributed by atoms with Gasteiger partial charge in [0.1, 0.15) is 5.92 Å². The van der Waals surface area contributed by atoms with Crippen LogP contribution in [0.4, 0.5) is 0 Å². The van der Waals surface area contributed by atoms with Crippen molar-refractivity contribution < 1.29 is 4.79 Å². The number of rotatable bonds is 2. The molecule has 0 bridgehead atoms. The van der Waals surface area contributed by atoms with Gasteiger partial charge in [-0.15, -0.1) is 0 Å². The first-order chi connectivity index (χ1) is 6.57. The molecule has 0 aromatic heterocycles. The average molecular weight is 228 g/mol. The van der Waals surface area contributed by atoms with E-state index in [4.69, 9.17) is 28.5 Å². The lowest BCUT2D eigenvalue weighted by Crippen LogP contribution is -2.07. The molecule has 0 radical (unpaired) electrons.